The summed E-state index contributed by atoms with van der Waals surface area (Å²) >= 11 is 2.08. The van der Waals surface area contributed by atoms with E-state index in [9.17, 15) is 4.79 Å². The van der Waals surface area contributed by atoms with E-state index in [0.29, 0.717) is 18.8 Å². The molecule has 0 aromatic carbocycles. The van der Waals surface area contributed by atoms with Gasteiger partial charge in [-0.3, -0.25) is 9.48 Å². The maximum Gasteiger partial charge on any atom is 0.169 e. The molecule has 12 heavy (non-hydrogen) atoms. The summed E-state index contributed by atoms with van der Waals surface area (Å²) in [6.07, 6.45) is 2.48. The first-order valence-corrected chi connectivity index (χ1v) is 4.53. The van der Waals surface area contributed by atoms with Crippen LogP contribution < -0.4 is 0 Å². The minimum atomic E-state index is 0.568. The first kappa shape index (κ1) is 9.66. The lowest BCUT2D eigenvalue weighted by atomic mass is 10.5. The van der Waals surface area contributed by atoms with Gasteiger partial charge in [-0.25, -0.2) is 0 Å². The topological polar surface area (TPSA) is 44.1 Å². The second-order valence-corrected chi connectivity index (χ2v) is 3.37. The third-order valence-corrected chi connectivity index (χ3v) is 2.28. The molecule has 0 aliphatic heterocycles. The van der Waals surface area contributed by atoms with Crippen molar-refractivity contribution in [3.63, 3.8) is 0 Å². The lowest BCUT2D eigenvalue weighted by Crippen LogP contribution is -2.09. The quantitative estimate of drug-likeness (QED) is 0.609. The van der Waals surface area contributed by atoms with Crippen molar-refractivity contribution in [3.8, 4) is 0 Å². The normalized spacial score (nSPS) is 10.2. The number of nitrogens with zero attached hydrogens (tertiary/aromatic N) is 2. The minimum Gasteiger partial charge on any atom is -0.383 e. The molecule has 1 heterocycles. The van der Waals surface area contributed by atoms with Crippen molar-refractivity contribution >= 4 is 28.9 Å². The zero-order chi connectivity index (χ0) is 8.97. The highest BCUT2D eigenvalue weighted by Crippen LogP contribution is 2.08. The molecule has 0 fully saturated rings. The van der Waals surface area contributed by atoms with Gasteiger partial charge in [-0.2, -0.15) is 5.10 Å². The number of hydrogen-bond donors (Lipinski definition) is 0. The molecule has 0 bridgehead atoms. The first-order valence-electron chi connectivity index (χ1n) is 3.45. The monoisotopic (exact) mass is 280 g/mol. The Bertz CT molecular complexity index is 272. The van der Waals surface area contributed by atoms with Gasteiger partial charge in [-0.05, 0) is 22.6 Å². The van der Waals surface area contributed by atoms with Crippen LogP contribution in [0.3, 0.4) is 0 Å². The molecule has 4 nitrogen and oxygen atoms in total. The molecule has 0 amide bonds. The molecule has 1 aromatic heterocycles. The van der Waals surface area contributed by atoms with Gasteiger partial charge in [0.1, 0.15) is 5.69 Å². The van der Waals surface area contributed by atoms with E-state index >= 15 is 0 Å². The molecule has 1 rings (SSSR count). The summed E-state index contributed by atoms with van der Waals surface area (Å²) in [6.45, 7) is 1.19. The zero-order valence-electron chi connectivity index (χ0n) is 6.66. The second-order valence-electron chi connectivity index (χ2n) is 2.21. The van der Waals surface area contributed by atoms with E-state index in [2.05, 4.69) is 27.7 Å². The predicted molar refractivity (Wildman–Crippen MR) is 52.2 cm³/mol. The van der Waals surface area contributed by atoms with Crippen LogP contribution in [0.5, 0.6) is 0 Å². The molecule has 5 heteroatoms. The Labute approximate surface area is 84.0 Å². The van der Waals surface area contributed by atoms with E-state index in [0.717, 1.165) is 9.86 Å². The fourth-order valence-corrected chi connectivity index (χ4v) is 1.38. The number of halogens is 1. The Balaban J connectivity index is 2.77. The van der Waals surface area contributed by atoms with Crippen LogP contribution in [0.15, 0.2) is 6.20 Å². The summed E-state index contributed by atoms with van der Waals surface area (Å²) in [5.74, 6) is 0. The molecule has 1 aromatic rings. The number of hydrogen-bond acceptors (Lipinski definition) is 3. The molecule has 0 saturated heterocycles. The fraction of sp³-hybridized carbons (Fsp3) is 0.429. The number of ether oxygens (including phenoxy) is 1. The molecule has 0 unspecified atom stereocenters. The Kier molecular flexibility index (Phi) is 3.67. The van der Waals surface area contributed by atoms with E-state index in [4.69, 9.17) is 4.74 Å². The van der Waals surface area contributed by atoms with Crippen LogP contribution in [0.4, 0.5) is 0 Å². The van der Waals surface area contributed by atoms with Crippen LogP contribution >= 0.6 is 22.6 Å². The van der Waals surface area contributed by atoms with E-state index in [-0.39, 0.29) is 0 Å². The molecule has 66 valence electrons. The zero-order valence-corrected chi connectivity index (χ0v) is 8.82. The van der Waals surface area contributed by atoms with Crippen LogP contribution in [0, 0.1) is 3.57 Å². The average molecular weight is 280 g/mol. The summed E-state index contributed by atoms with van der Waals surface area (Å²) in [5, 5.41) is 4.02. The highest BCUT2D eigenvalue weighted by molar-refractivity contribution is 14.1. The van der Waals surface area contributed by atoms with Gasteiger partial charge in [0.2, 0.25) is 0 Å². The largest absolute Gasteiger partial charge is 0.383 e. The molecule has 0 radical (unpaired) electrons. The van der Waals surface area contributed by atoms with Gasteiger partial charge in [0.15, 0.2) is 6.29 Å². The van der Waals surface area contributed by atoms with Gasteiger partial charge in [-0.1, -0.05) is 0 Å². The molecule has 0 saturated carbocycles. The molecule has 0 aliphatic rings. The number of aromatic nitrogens is 2. The van der Waals surface area contributed by atoms with E-state index in [1.54, 1.807) is 18.0 Å². The van der Waals surface area contributed by atoms with Crippen molar-refractivity contribution < 1.29 is 9.53 Å². The van der Waals surface area contributed by atoms with Crippen LogP contribution in [0.25, 0.3) is 0 Å². The van der Waals surface area contributed by atoms with Gasteiger partial charge in [0.05, 0.1) is 22.9 Å². The summed E-state index contributed by atoms with van der Waals surface area (Å²) in [7, 11) is 1.62. The Hall–Kier alpha value is -0.430. The number of rotatable bonds is 4. The number of methoxy groups -OCH3 is 1. The third kappa shape index (κ3) is 2.04. The van der Waals surface area contributed by atoms with Crippen molar-refractivity contribution in [2.75, 3.05) is 13.7 Å². The molecule has 0 spiro atoms. The highest BCUT2D eigenvalue weighted by Gasteiger charge is 2.05. The smallest absolute Gasteiger partial charge is 0.169 e. The summed E-state index contributed by atoms with van der Waals surface area (Å²) < 4.78 is 7.39. The minimum absolute atomic E-state index is 0.568. The number of aldehydes is 1. The molecular weight excluding hydrogens is 271 g/mol. The van der Waals surface area contributed by atoms with E-state index in [1.807, 2.05) is 0 Å². The first-order chi connectivity index (χ1) is 5.79. The van der Waals surface area contributed by atoms with Crippen molar-refractivity contribution in [1.29, 1.82) is 0 Å². The van der Waals surface area contributed by atoms with Crippen LogP contribution in [0.2, 0.25) is 0 Å². The third-order valence-electron chi connectivity index (χ3n) is 1.45. The van der Waals surface area contributed by atoms with Gasteiger partial charge in [0, 0.05) is 7.11 Å². The Morgan fingerprint density at radius 1 is 1.83 bits per heavy atom. The molecular formula is C7H9IN2O2. The maximum absolute atomic E-state index is 10.6. The van der Waals surface area contributed by atoms with Crippen molar-refractivity contribution in [3.05, 3.63) is 15.5 Å². The molecule has 0 N–H and O–H groups in total. The summed E-state index contributed by atoms with van der Waals surface area (Å²) in [6, 6.07) is 0. The van der Waals surface area contributed by atoms with Crippen molar-refractivity contribution in [2.24, 2.45) is 0 Å². The van der Waals surface area contributed by atoms with Crippen LogP contribution in [0.1, 0.15) is 10.5 Å². The SMILES string of the molecule is COCCn1ncc(I)c1C=O. The Morgan fingerprint density at radius 3 is 3.17 bits per heavy atom. The molecule has 0 aliphatic carbocycles. The van der Waals surface area contributed by atoms with E-state index < -0.39 is 0 Å². The number of carbonyl (C=O) groups is 1. The Morgan fingerprint density at radius 2 is 2.58 bits per heavy atom. The predicted octanol–water partition coefficient (Wildman–Crippen LogP) is 0.947. The second kappa shape index (κ2) is 4.56. The van der Waals surface area contributed by atoms with E-state index in [1.165, 1.54) is 0 Å². The standard InChI is InChI=1S/C7H9IN2O2/c1-12-3-2-10-7(5-11)6(8)4-9-10/h4-5H,2-3H2,1H3. The lowest BCUT2D eigenvalue weighted by molar-refractivity contribution is 0.111. The summed E-state index contributed by atoms with van der Waals surface area (Å²) in [4.78, 5) is 10.6. The molecule has 0 atom stereocenters. The van der Waals surface area contributed by atoms with Crippen LogP contribution in [-0.4, -0.2) is 29.8 Å². The van der Waals surface area contributed by atoms with Gasteiger partial charge in [0.25, 0.3) is 0 Å². The average Bonchev–Trinajstić information content (AvgIpc) is 2.43. The number of carbonyl (C=O) groups excluding carboxylic acids is 1. The lowest BCUT2D eigenvalue weighted by Gasteiger charge is -2.01. The summed E-state index contributed by atoms with van der Waals surface area (Å²) in [5.41, 5.74) is 0.618. The maximum atomic E-state index is 10.6. The van der Waals surface area contributed by atoms with Gasteiger partial charge in [-0.15, -0.1) is 0 Å². The van der Waals surface area contributed by atoms with Gasteiger partial charge < -0.3 is 4.74 Å². The van der Waals surface area contributed by atoms with Crippen LogP contribution in [-0.2, 0) is 11.3 Å². The van der Waals surface area contributed by atoms with Gasteiger partial charge >= 0.3 is 0 Å². The highest BCUT2D eigenvalue weighted by atomic mass is 127. The van der Waals surface area contributed by atoms with Crippen molar-refractivity contribution in [2.45, 2.75) is 6.54 Å². The fourth-order valence-electron chi connectivity index (χ4n) is 0.845. The van der Waals surface area contributed by atoms with Crippen molar-refractivity contribution in [1.82, 2.24) is 9.78 Å².